The van der Waals surface area contributed by atoms with Crippen molar-refractivity contribution in [1.29, 1.82) is 0 Å². The molecule has 0 bridgehead atoms. The molecule has 0 atom stereocenters. The van der Waals surface area contributed by atoms with Gasteiger partial charge in [0.15, 0.2) is 5.17 Å². The van der Waals surface area contributed by atoms with E-state index < -0.39 is 0 Å². The van der Waals surface area contributed by atoms with Crippen LogP contribution in [0.5, 0.6) is 0 Å². The highest BCUT2D eigenvalue weighted by atomic mass is 32.2. The number of para-hydroxylation sites is 1. The zero-order valence-corrected chi connectivity index (χ0v) is 7.69. The number of thioether (sulfide) groups is 1. The summed E-state index contributed by atoms with van der Waals surface area (Å²) in [6, 6.07) is 8.26. The third-order valence-corrected chi connectivity index (χ3v) is 2.46. The molecule has 0 aromatic heterocycles. The Morgan fingerprint density at radius 3 is 3.08 bits per heavy atom. The first-order valence-corrected chi connectivity index (χ1v) is 5.06. The van der Waals surface area contributed by atoms with E-state index in [1.54, 1.807) is 11.8 Å². The molecule has 2 rings (SSSR count). The van der Waals surface area contributed by atoms with Crippen molar-refractivity contribution in [2.45, 2.75) is 6.54 Å². The van der Waals surface area contributed by atoms with Crippen LogP contribution >= 0.6 is 11.8 Å². The number of hydrogen-bond acceptors (Lipinski definition) is 3. The molecule has 62 valence electrons. The molecule has 0 amide bonds. The van der Waals surface area contributed by atoms with Crippen LogP contribution in [0.3, 0.4) is 0 Å². The Morgan fingerprint density at radius 1 is 1.42 bits per heavy atom. The quantitative estimate of drug-likeness (QED) is 0.659. The molecule has 2 nitrogen and oxygen atoms in total. The Bertz CT molecular complexity index is 320. The fourth-order valence-corrected chi connectivity index (χ4v) is 1.61. The summed E-state index contributed by atoms with van der Waals surface area (Å²) in [6.07, 6.45) is 2.03. The summed E-state index contributed by atoms with van der Waals surface area (Å²) in [5, 5.41) is 4.27. The molecular formula is C9H10N2S. The molecule has 0 aliphatic carbocycles. The summed E-state index contributed by atoms with van der Waals surface area (Å²) in [4.78, 5) is 4.36. The molecule has 0 saturated carbocycles. The summed E-state index contributed by atoms with van der Waals surface area (Å²) >= 11 is 1.65. The summed E-state index contributed by atoms with van der Waals surface area (Å²) < 4.78 is 0. The van der Waals surface area contributed by atoms with Crippen LogP contribution in [0, 0.1) is 0 Å². The molecule has 1 aliphatic rings. The highest BCUT2D eigenvalue weighted by molar-refractivity contribution is 8.13. The van der Waals surface area contributed by atoms with Crippen molar-refractivity contribution in [3.05, 3.63) is 29.8 Å². The van der Waals surface area contributed by atoms with E-state index in [9.17, 15) is 0 Å². The zero-order chi connectivity index (χ0) is 8.39. The largest absolute Gasteiger partial charge is 0.335 e. The summed E-state index contributed by atoms with van der Waals surface area (Å²) in [7, 11) is 0. The van der Waals surface area contributed by atoms with Crippen molar-refractivity contribution in [3.63, 3.8) is 0 Å². The lowest BCUT2D eigenvalue weighted by Gasteiger charge is -2.16. The third kappa shape index (κ3) is 1.32. The molecule has 1 N–H and O–H groups in total. The second-order valence-electron chi connectivity index (χ2n) is 2.61. The van der Waals surface area contributed by atoms with Crippen molar-refractivity contribution in [3.8, 4) is 0 Å². The molecule has 12 heavy (non-hydrogen) atoms. The summed E-state index contributed by atoms with van der Waals surface area (Å²) in [5.74, 6) is 0. The number of benzene rings is 1. The van der Waals surface area contributed by atoms with E-state index in [0.29, 0.717) is 0 Å². The van der Waals surface area contributed by atoms with E-state index in [-0.39, 0.29) is 0 Å². The summed E-state index contributed by atoms with van der Waals surface area (Å²) in [5.41, 5.74) is 2.46. The van der Waals surface area contributed by atoms with Gasteiger partial charge in [0.1, 0.15) is 0 Å². The number of aliphatic imine (C=N–C) groups is 1. The number of fused-ring (bicyclic) bond motifs is 1. The maximum Gasteiger partial charge on any atom is 0.161 e. The number of nitrogens with zero attached hydrogens (tertiary/aromatic N) is 1. The SMILES string of the molecule is CSC1=NCc2ccccc2N1. The number of anilines is 1. The van der Waals surface area contributed by atoms with Crippen molar-refractivity contribution in [1.82, 2.24) is 0 Å². The Labute approximate surface area is 76.1 Å². The van der Waals surface area contributed by atoms with Crippen LogP contribution in [0.25, 0.3) is 0 Å². The van der Waals surface area contributed by atoms with Gasteiger partial charge < -0.3 is 5.32 Å². The van der Waals surface area contributed by atoms with E-state index in [4.69, 9.17) is 0 Å². The predicted molar refractivity (Wildman–Crippen MR) is 54.7 cm³/mol. The molecular weight excluding hydrogens is 168 g/mol. The average Bonchev–Trinajstić information content (AvgIpc) is 2.17. The van der Waals surface area contributed by atoms with Crippen LogP contribution in [0.1, 0.15) is 5.56 Å². The van der Waals surface area contributed by atoms with E-state index in [1.807, 2.05) is 18.4 Å². The van der Waals surface area contributed by atoms with Gasteiger partial charge in [-0.2, -0.15) is 0 Å². The van der Waals surface area contributed by atoms with Gasteiger partial charge in [0.2, 0.25) is 0 Å². The standard InChI is InChI=1S/C9H10N2S/c1-12-9-10-6-7-4-2-3-5-8(7)11-9/h2-5H,6H2,1H3,(H,10,11). The lowest BCUT2D eigenvalue weighted by molar-refractivity contribution is 1.06. The van der Waals surface area contributed by atoms with Crippen LogP contribution in [0.4, 0.5) is 5.69 Å². The maximum atomic E-state index is 4.36. The van der Waals surface area contributed by atoms with Gasteiger partial charge in [-0.25, -0.2) is 0 Å². The Morgan fingerprint density at radius 2 is 2.25 bits per heavy atom. The molecule has 0 unspecified atom stereocenters. The fourth-order valence-electron chi connectivity index (χ4n) is 1.21. The van der Waals surface area contributed by atoms with Crippen LogP contribution in [0.2, 0.25) is 0 Å². The monoisotopic (exact) mass is 178 g/mol. The lowest BCUT2D eigenvalue weighted by Crippen LogP contribution is -2.13. The first-order valence-electron chi connectivity index (χ1n) is 3.83. The first kappa shape index (κ1) is 7.68. The average molecular weight is 178 g/mol. The van der Waals surface area contributed by atoms with Crippen LogP contribution in [-0.2, 0) is 6.54 Å². The molecule has 1 aromatic rings. The molecule has 1 aliphatic heterocycles. The van der Waals surface area contributed by atoms with E-state index in [0.717, 1.165) is 11.7 Å². The van der Waals surface area contributed by atoms with Crippen molar-refractivity contribution in [2.75, 3.05) is 11.6 Å². The Kier molecular flexibility index (Phi) is 2.04. The minimum Gasteiger partial charge on any atom is -0.335 e. The topological polar surface area (TPSA) is 24.4 Å². The van der Waals surface area contributed by atoms with Crippen LogP contribution < -0.4 is 5.32 Å². The van der Waals surface area contributed by atoms with Gasteiger partial charge in [0, 0.05) is 5.69 Å². The second-order valence-corrected chi connectivity index (χ2v) is 3.40. The Hall–Kier alpha value is -0.960. The molecule has 1 heterocycles. The minimum atomic E-state index is 0.805. The predicted octanol–water partition coefficient (Wildman–Crippen LogP) is 2.33. The molecule has 0 fully saturated rings. The highest BCUT2D eigenvalue weighted by Crippen LogP contribution is 2.21. The van der Waals surface area contributed by atoms with E-state index >= 15 is 0 Å². The van der Waals surface area contributed by atoms with Crippen LogP contribution in [0.15, 0.2) is 29.3 Å². The van der Waals surface area contributed by atoms with Gasteiger partial charge in [-0.05, 0) is 17.9 Å². The van der Waals surface area contributed by atoms with Crippen molar-refractivity contribution >= 4 is 22.6 Å². The van der Waals surface area contributed by atoms with Crippen LogP contribution in [-0.4, -0.2) is 11.4 Å². The van der Waals surface area contributed by atoms with Gasteiger partial charge in [-0.15, -0.1) is 0 Å². The lowest BCUT2D eigenvalue weighted by atomic mass is 10.1. The first-order chi connectivity index (χ1) is 5.90. The number of amidine groups is 1. The third-order valence-electron chi connectivity index (χ3n) is 1.85. The normalized spacial score (nSPS) is 14.6. The number of hydrogen-bond donors (Lipinski definition) is 1. The molecule has 0 saturated heterocycles. The Balaban J connectivity index is 2.31. The second kappa shape index (κ2) is 3.19. The number of rotatable bonds is 0. The smallest absolute Gasteiger partial charge is 0.161 e. The van der Waals surface area contributed by atoms with Gasteiger partial charge in [0.05, 0.1) is 6.54 Å². The van der Waals surface area contributed by atoms with E-state index in [2.05, 4.69) is 22.4 Å². The maximum absolute atomic E-state index is 4.36. The summed E-state index contributed by atoms with van der Waals surface area (Å²) in [6.45, 7) is 0.805. The van der Waals surface area contributed by atoms with E-state index in [1.165, 1.54) is 11.3 Å². The molecule has 0 spiro atoms. The molecule has 1 aromatic carbocycles. The van der Waals surface area contributed by atoms with Gasteiger partial charge in [0.25, 0.3) is 0 Å². The molecule has 3 heteroatoms. The van der Waals surface area contributed by atoms with Crippen molar-refractivity contribution in [2.24, 2.45) is 4.99 Å². The fraction of sp³-hybridized carbons (Fsp3) is 0.222. The highest BCUT2D eigenvalue weighted by Gasteiger charge is 2.08. The minimum absolute atomic E-state index is 0.805. The van der Waals surface area contributed by atoms with Gasteiger partial charge in [-0.1, -0.05) is 30.0 Å². The molecule has 0 radical (unpaired) electrons. The van der Waals surface area contributed by atoms with Crippen molar-refractivity contribution < 1.29 is 0 Å². The van der Waals surface area contributed by atoms with Gasteiger partial charge >= 0.3 is 0 Å². The zero-order valence-electron chi connectivity index (χ0n) is 6.87. The van der Waals surface area contributed by atoms with Gasteiger partial charge in [-0.3, -0.25) is 4.99 Å². The number of nitrogens with one attached hydrogen (secondary N) is 1.